The second-order valence-corrected chi connectivity index (χ2v) is 15.2. The van der Waals surface area contributed by atoms with E-state index in [9.17, 15) is 9.59 Å². The molecule has 40 heavy (non-hydrogen) atoms. The van der Waals surface area contributed by atoms with Crippen LogP contribution >= 0.6 is 22.7 Å². The lowest BCUT2D eigenvalue weighted by Crippen LogP contribution is -2.44. The molecule has 0 spiro atoms. The molecule has 0 aromatic carbocycles. The highest BCUT2D eigenvalue weighted by Gasteiger charge is 2.37. The molecule has 4 atom stereocenters. The Balaban J connectivity index is 1.21. The average molecular weight is 581 g/mol. The minimum absolute atomic E-state index is 0.00333. The van der Waals surface area contributed by atoms with Crippen LogP contribution in [0.4, 0.5) is 4.79 Å². The number of hydrogen-bond acceptors (Lipinski definition) is 8. The number of fused-ring (bicyclic) bond motifs is 3. The van der Waals surface area contributed by atoms with Crippen molar-refractivity contribution >= 4 is 44.8 Å². The minimum atomic E-state index is -0.543. The molecule has 7 nitrogen and oxygen atoms in total. The second kappa shape index (κ2) is 11.1. The molecule has 5 heterocycles. The fraction of sp³-hybridized carbons (Fsp3) is 0.613. The topological polar surface area (TPSA) is 84.4 Å². The van der Waals surface area contributed by atoms with Crippen LogP contribution in [0.1, 0.15) is 75.1 Å². The van der Waals surface area contributed by atoms with Crippen LogP contribution in [0.2, 0.25) is 0 Å². The molecule has 3 aromatic rings. The number of Topliss-reactive ketones (excluding diaryl/α,β-unsaturated/α-hetero) is 1. The molecule has 0 bridgehead atoms. The summed E-state index contributed by atoms with van der Waals surface area (Å²) in [5.74, 6) is 2.80. The molecule has 1 unspecified atom stereocenters. The summed E-state index contributed by atoms with van der Waals surface area (Å²) in [5, 5.41) is 4.48. The van der Waals surface area contributed by atoms with E-state index < -0.39 is 5.60 Å². The molecule has 0 radical (unpaired) electrons. The highest BCUT2D eigenvalue weighted by atomic mass is 32.1. The zero-order valence-electron chi connectivity index (χ0n) is 24.0. The van der Waals surface area contributed by atoms with E-state index in [0.717, 1.165) is 61.1 Å². The van der Waals surface area contributed by atoms with Gasteiger partial charge in [-0.2, -0.15) is 0 Å². The first-order valence-corrected chi connectivity index (χ1v) is 16.3. The number of carbonyl (C=O) groups excluding carboxylic acids is 2. The van der Waals surface area contributed by atoms with E-state index in [2.05, 4.69) is 17.2 Å². The zero-order valence-corrected chi connectivity index (χ0v) is 25.6. The molecule has 9 heteroatoms. The van der Waals surface area contributed by atoms with Crippen molar-refractivity contribution in [1.29, 1.82) is 0 Å². The van der Waals surface area contributed by atoms with Gasteiger partial charge in [-0.05, 0) is 95.9 Å². The van der Waals surface area contributed by atoms with Crippen molar-refractivity contribution in [2.24, 2.45) is 17.8 Å². The SMILES string of the molecule is C[C@H]1Cc2c(sc(CC(=O)CCCC3C[C@H]4CNC[C@H]4C3)c2-c2nc3cnccc3s2)CN1C(=O)OC(C)(C)C. The molecule has 2 aliphatic heterocycles. The van der Waals surface area contributed by atoms with Gasteiger partial charge >= 0.3 is 6.09 Å². The van der Waals surface area contributed by atoms with Crippen molar-refractivity contribution in [3.63, 3.8) is 0 Å². The summed E-state index contributed by atoms with van der Waals surface area (Å²) < 4.78 is 6.81. The van der Waals surface area contributed by atoms with Crippen LogP contribution in [0.25, 0.3) is 20.8 Å². The Morgan fingerprint density at radius 1 is 1.18 bits per heavy atom. The van der Waals surface area contributed by atoms with Gasteiger partial charge in [0.1, 0.15) is 21.9 Å². The molecule has 2 fully saturated rings. The third-order valence-corrected chi connectivity index (χ3v) is 11.0. The number of nitrogens with one attached hydrogen (secondary N) is 1. The van der Waals surface area contributed by atoms with Gasteiger partial charge < -0.3 is 15.0 Å². The van der Waals surface area contributed by atoms with E-state index in [1.54, 1.807) is 35.1 Å². The largest absolute Gasteiger partial charge is 0.444 e. The average Bonchev–Trinajstić information content (AvgIpc) is 3.64. The maximum absolute atomic E-state index is 13.3. The number of carbonyl (C=O) groups is 2. The molecular formula is C31H40N4O3S2. The van der Waals surface area contributed by atoms with Crippen LogP contribution in [-0.4, -0.2) is 51.5 Å². The summed E-state index contributed by atoms with van der Waals surface area (Å²) >= 11 is 3.34. The lowest BCUT2D eigenvalue weighted by molar-refractivity contribution is -0.118. The summed E-state index contributed by atoms with van der Waals surface area (Å²) in [4.78, 5) is 39.6. The number of thiazole rings is 1. The molecule has 1 aliphatic carbocycles. The number of ether oxygens (including phenoxy) is 1. The van der Waals surface area contributed by atoms with Crippen molar-refractivity contribution < 1.29 is 14.3 Å². The standard InChI is InChI=1S/C31H40N4O3S2/c1-18-10-23-27(17-35(18)30(37)38-31(2,3)4)39-26(28(23)29-34-24-16-32-9-8-25(24)40-29)13-22(36)7-5-6-19-11-20-14-33-15-21(20)12-19/h8-9,16,18-21,33H,5-7,10-15,17H2,1-4H3/t18-,19?,20-,21+/m0/s1. The first-order valence-electron chi connectivity index (χ1n) is 14.7. The highest BCUT2D eigenvalue weighted by Crippen LogP contribution is 2.44. The van der Waals surface area contributed by atoms with E-state index in [-0.39, 0.29) is 12.1 Å². The third kappa shape index (κ3) is 5.83. The number of aromatic nitrogens is 2. The molecule has 3 aromatic heterocycles. The minimum Gasteiger partial charge on any atom is -0.444 e. The quantitative estimate of drug-likeness (QED) is 0.338. The van der Waals surface area contributed by atoms with E-state index >= 15 is 0 Å². The number of ketones is 1. The van der Waals surface area contributed by atoms with Crippen LogP contribution in [-0.2, 0) is 28.9 Å². The van der Waals surface area contributed by atoms with E-state index in [4.69, 9.17) is 9.72 Å². The van der Waals surface area contributed by atoms with Crippen molar-refractivity contribution in [1.82, 2.24) is 20.2 Å². The molecule has 1 amide bonds. The summed E-state index contributed by atoms with van der Waals surface area (Å²) in [5.41, 5.74) is 2.69. The molecule has 1 N–H and O–H groups in total. The molecule has 1 saturated carbocycles. The van der Waals surface area contributed by atoms with Gasteiger partial charge in [0.05, 0.1) is 17.4 Å². The third-order valence-electron chi connectivity index (χ3n) is 8.72. The monoisotopic (exact) mass is 580 g/mol. The Bertz CT molecular complexity index is 1360. The van der Waals surface area contributed by atoms with Crippen LogP contribution in [0.5, 0.6) is 0 Å². The van der Waals surface area contributed by atoms with Gasteiger partial charge in [0.15, 0.2) is 0 Å². The molecule has 1 saturated heterocycles. The predicted molar refractivity (Wildman–Crippen MR) is 161 cm³/mol. The number of rotatable bonds is 7. The summed E-state index contributed by atoms with van der Waals surface area (Å²) in [6.07, 6.45) is 9.91. The summed E-state index contributed by atoms with van der Waals surface area (Å²) in [6, 6.07) is 2.00. The maximum Gasteiger partial charge on any atom is 0.410 e. The molecule has 6 rings (SSSR count). The van der Waals surface area contributed by atoms with Gasteiger partial charge in [0.2, 0.25) is 0 Å². The highest BCUT2D eigenvalue weighted by molar-refractivity contribution is 7.22. The van der Waals surface area contributed by atoms with Crippen molar-refractivity contribution in [3.05, 3.63) is 33.8 Å². The Morgan fingerprint density at radius 2 is 1.95 bits per heavy atom. The fourth-order valence-electron chi connectivity index (χ4n) is 6.84. The van der Waals surface area contributed by atoms with Gasteiger partial charge in [-0.3, -0.25) is 9.78 Å². The van der Waals surface area contributed by atoms with Crippen LogP contribution in [0, 0.1) is 17.8 Å². The van der Waals surface area contributed by atoms with Gasteiger partial charge in [0.25, 0.3) is 0 Å². The van der Waals surface area contributed by atoms with E-state index in [1.165, 1.54) is 37.9 Å². The van der Waals surface area contributed by atoms with Gasteiger partial charge in [0, 0.05) is 40.4 Å². The number of thiophene rings is 1. The fourth-order valence-corrected chi connectivity index (χ4v) is 9.30. The Morgan fingerprint density at radius 3 is 2.67 bits per heavy atom. The van der Waals surface area contributed by atoms with E-state index in [1.807, 2.05) is 31.7 Å². The normalized spacial score (nSPS) is 24.4. The van der Waals surface area contributed by atoms with E-state index in [0.29, 0.717) is 25.2 Å². The smallest absolute Gasteiger partial charge is 0.410 e. The first kappa shape index (κ1) is 27.8. The Labute approximate surface area is 244 Å². The summed E-state index contributed by atoms with van der Waals surface area (Å²) in [7, 11) is 0. The maximum atomic E-state index is 13.3. The van der Waals surface area contributed by atoms with Crippen molar-refractivity contribution in [2.45, 2.75) is 90.8 Å². The van der Waals surface area contributed by atoms with Gasteiger partial charge in [-0.25, -0.2) is 9.78 Å². The number of amides is 1. The lowest BCUT2D eigenvalue weighted by atomic mass is 9.94. The van der Waals surface area contributed by atoms with Crippen LogP contribution < -0.4 is 5.32 Å². The predicted octanol–water partition coefficient (Wildman–Crippen LogP) is 6.63. The number of nitrogens with zero attached hydrogens (tertiary/aromatic N) is 3. The van der Waals surface area contributed by atoms with Crippen molar-refractivity contribution in [2.75, 3.05) is 13.1 Å². The number of pyridine rings is 1. The Kier molecular flexibility index (Phi) is 7.74. The van der Waals surface area contributed by atoms with Crippen molar-refractivity contribution in [3.8, 4) is 10.6 Å². The number of hydrogen-bond donors (Lipinski definition) is 1. The first-order chi connectivity index (χ1) is 19.1. The van der Waals surface area contributed by atoms with Gasteiger partial charge in [-0.15, -0.1) is 22.7 Å². The zero-order chi connectivity index (χ0) is 28.0. The molecular weight excluding hydrogens is 541 g/mol. The Hall–Kier alpha value is -2.36. The van der Waals surface area contributed by atoms with Crippen LogP contribution in [0.15, 0.2) is 18.5 Å². The lowest BCUT2D eigenvalue weighted by Gasteiger charge is -2.35. The summed E-state index contributed by atoms with van der Waals surface area (Å²) in [6.45, 7) is 10.6. The molecule has 3 aliphatic rings. The second-order valence-electron chi connectivity index (χ2n) is 12.9. The van der Waals surface area contributed by atoms with Crippen LogP contribution in [0.3, 0.4) is 0 Å². The molecule has 214 valence electrons. The van der Waals surface area contributed by atoms with Gasteiger partial charge in [-0.1, -0.05) is 6.42 Å².